The van der Waals surface area contributed by atoms with Crippen molar-refractivity contribution in [3.8, 4) is 6.07 Å². The van der Waals surface area contributed by atoms with E-state index in [9.17, 15) is 22.8 Å². The molecule has 2 aromatic rings. The summed E-state index contributed by atoms with van der Waals surface area (Å²) in [6, 6.07) is 8.20. The van der Waals surface area contributed by atoms with Gasteiger partial charge in [-0.3, -0.25) is 14.6 Å². The number of hydrogen-bond donors (Lipinski definition) is 1. The lowest BCUT2D eigenvalue weighted by molar-refractivity contribution is -0.137. The Morgan fingerprint density at radius 2 is 1.91 bits per heavy atom. The molecule has 0 aliphatic carbocycles. The maximum atomic E-state index is 13.4. The number of benzene rings is 1. The first-order chi connectivity index (χ1) is 16.6. The van der Waals surface area contributed by atoms with Crippen LogP contribution < -0.4 is 10.2 Å². The monoisotopic (exact) mass is 485 g/mol. The summed E-state index contributed by atoms with van der Waals surface area (Å²) in [5, 5.41) is 11.7. The normalized spacial score (nSPS) is 19.5. The van der Waals surface area contributed by atoms with Crippen LogP contribution in [-0.4, -0.2) is 54.4 Å². The van der Waals surface area contributed by atoms with E-state index < -0.39 is 23.3 Å². The Morgan fingerprint density at radius 1 is 1.20 bits per heavy atom. The smallest absolute Gasteiger partial charge is 0.371 e. The molecule has 1 spiro atoms. The number of piperidine rings is 1. The molecule has 0 radical (unpaired) electrons. The largest absolute Gasteiger partial charge is 0.417 e. The molecule has 2 amide bonds. The molecule has 4 rings (SSSR count). The second kappa shape index (κ2) is 9.21. The number of pyridine rings is 1. The molecule has 2 fully saturated rings. The molecule has 7 nitrogen and oxygen atoms in total. The number of nitriles is 1. The third-order valence-corrected chi connectivity index (χ3v) is 7.09. The van der Waals surface area contributed by atoms with Gasteiger partial charge in [0.05, 0.1) is 22.8 Å². The van der Waals surface area contributed by atoms with Gasteiger partial charge in [-0.05, 0) is 61.9 Å². The van der Waals surface area contributed by atoms with E-state index in [1.807, 2.05) is 11.8 Å². The van der Waals surface area contributed by atoms with Gasteiger partial charge in [0.1, 0.15) is 6.04 Å². The third kappa shape index (κ3) is 4.81. The van der Waals surface area contributed by atoms with Crippen LogP contribution >= 0.6 is 0 Å². The van der Waals surface area contributed by atoms with E-state index in [0.29, 0.717) is 50.1 Å². The number of halogens is 3. The van der Waals surface area contributed by atoms with E-state index in [0.717, 1.165) is 11.8 Å². The van der Waals surface area contributed by atoms with Crippen LogP contribution in [-0.2, 0) is 11.0 Å². The Hall–Kier alpha value is -3.61. The number of hydrogen-bond acceptors (Lipinski definition) is 5. The maximum absolute atomic E-state index is 13.4. The number of amides is 2. The van der Waals surface area contributed by atoms with Crippen molar-refractivity contribution in [3.05, 3.63) is 58.9 Å². The molecule has 1 aromatic heterocycles. The zero-order valence-electron chi connectivity index (χ0n) is 19.5. The number of nitrogens with one attached hydrogen (secondary N) is 1. The Kier molecular flexibility index (Phi) is 6.45. The molecule has 35 heavy (non-hydrogen) atoms. The summed E-state index contributed by atoms with van der Waals surface area (Å²) in [5.74, 6) is -0.494. The fourth-order valence-electron chi connectivity index (χ4n) is 5.09. The predicted molar refractivity (Wildman–Crippen MR) is 123 cm³/mol. The number of likely N-dealkylation sites (N-methyl/N-ethyl adjacent to an activating group) is 1. The molecule has 0 saturated carbocycles. The number of alkyl halides is 3. The first-order valence-corrected chi connectivity index (χ1v) is 11.4. The lowest BCUT2D eigenvalue weighted by Gasteiger charge is -2.40. The van der Waals surface area contributed by atoms with Crippen molar-refractivity contribution in [2.45, 2.75) is 38.4 Å². The van der Waals surface area contributed by atoms with Crippen LogP contribution in [0.2, 0.25) is 0 Å². The zero-order chi connectivity index (χ0) is 25.4. The van der Waals surface area contributed by atoms with Gasteiger partial charge in [-0.2, -0.15) is 18.4 Å². The van der Waals surface area contributed by atoms with E-state index in [4.69, 9.17) is 5.26 Å². The van der Waals surface area contributed by atoms with Gasteiger partial charge < -0.3 is 15.1 Å². The summed E-state index contributed by atoms with van der Waals surface area (Å²) in [7, 11) is 1.54. The Balaban J connectivity index is 1.53. The molecule has 2 aliphatic rings. The van der Waals surface area contributed by atoms with Crippen molar-refractivity contribution in [2.24, 2.45) is 5.41 Å². The van der Waals surface area contributed by atoms with Crippen molar-refractivity contribution in [1.29, 1.82) is 5.26 Å². The fraction of sp³-hybridized carbons (Fsp3) is 0.440. The van der Waals surface area contributed by atoms with Crippen LogP contribution in [0, 0.1) is 23.7 Å². The highest BCUT2D eigenvalue weighted by Gasteiger charge is 2.49. The van der Waals surface area contributed by atoms with Gasteiger partial charge in [0.2, 0.25) is 5.91 Å². The minimum atomic E-state index is -4.62. The van der Waals surface area contributed by atoms with Crippen molar-refractivity contribution < 1.29 is 22.8 Å². The average Bonchev–Trinajstić information content (AvgIpc) is 3.22. The molecule has 2 saturated heterocycles. The summed E-state index contributed by atoms with van der Waals surface area (Å²) < 4.78 is 40.2. The number of carbonyl (C=O) groups excluding carboxylic acids is 2. The summed E-state index contributed by atoms with van der Waals surface area (Å²) in [4.78, 5) is 33.6. The number of aryl methyl sites for hydroxylation is 1. The maximum Gasteiger partial charge on any atom is 0.417 e. The van der Waals surface area contributed by atoms with E-state index in [1.54, 1.807) is 23.1 Å². The summed E-state index contributed by atoms with van der Waals surface area (Å²) >= 11 is 0. The Morgan fingerprint density at radius 3 is 2.49 bits per heavy atom. The second-order valence-corrected chi connectivity index (χ2v) is 9.28. The average molecular weight is 486 g/mol. The standard InChI is InChI=1S/C25H26F3N5O2/c1-16-3-4-18(14-31-16)23(35)33-15-24(12-21(33)22(34)30-2)7-9-32(10-8-24)19-6-5-17(13-29)20(11-19)25(26,27)28/h3-6,11,14,21H,7-10,12,15H2,1-2H3,(H,30,34). The van der Waals surface area contributed by atoms with E-state index in [1.165, 1.54) is 25.4 Å². The number of nitrogens with zero attached hydrogens (tertiary/aromatic N) is 4. The number of likely N-dealkylation sites (tertiary alicyclic amines) is 1. The highest BCUT2D eigenvalue weighted by atomic mass is 19.4. The topological polar surface area (TPSA) is 89.3 Å². The number of rotatable bonds is 3. The van der Waals surface area contributed by atoms with Gasteiger partial charge in [-0.25, -0.2) is 0 Å². The molecule has 184 valence electrons. The molecule has 2 aliphatic heterocycles. The quantitative estimate of drug-likeness (QED) is 0.719. The predicted octanol–water partition coefficient (Wildman–Crippen LogP) is 3.53. The third-order valence-electron chi connectivity index (χ3n) is 7.09. The second-order valence-electron chi connectivity index (χ2n) is 9.28. The molecule has 10 heteroatoms. The van der Waals surface area contributed by atoms with Crippen molar-refractivity contribution in [1.82, 2.24) is 15.2 Å². The van der Waals surface area contributed by atoms with E-state index >= 15 is 0 Å². The minimum absolute atomic E-state index is 0.236. The van der Waals surface area contributed by atoms with Crippen LogP contribution in [0.3, 0.4) is 0 Å². The Labute approximate surface area is 201 Å². The number of carbonyl (C=O) groups is 2. The van der Waals surface area contributed by atoms with Crippen molar-refractivity contribution >= 4 is 17.5 Å². The van der Waals surface area contributed by atoms with E-state index in [-0.39, 0.29) is 17.2 Å². The SMILES string of the molecule is CNC(=O)C1CC2(CCN(c3ccc(C#N)c(C(F)(F)F)c3)CC2)CN1C(=O)c1ccc(C)nc1. The molecule has 1 atom stereocenters. The van der Waals surface area contributed by atoms with Gasteiger partial charge in [-0.1, -0.05) is 0 Å². The van der Waals surface area contributed by atoms with Crippen LogP contribution in [0.5, 0.6) is 0 Å². The summed E-state index contributed by atoms with van der Waals surface area (Å²) in [6.07, 6.45) is -1.37. The lowest BCUT2D eigenvalue weighted by Crippen LogP contribution is -2.45. The highest BCUT2D eigenvalue weighted by Crippen LogP contribution is 2.45. The summed E-state index contributed by atoms with van der Waals surface area (Å²) in [5.41, 5.74) is -0.0467. The first-order valence-electron chi connectivity index (χ1n) is 11.4. The molecular weight excluding hydrogens is 459 g/mol. The van der Waals surface area contributed by atoms with Gasteiger partial charge in [0.25, 0.3) is 5.91 Å². The van der Waals surface area contributed by atoms with Gasteiger partial charge >= 0.3 is 6.18 Å². The van der Waals surface area contributed by atoms with E-state index in [2.05, 4.69) is 10.3 Å². The fourth-order valence-corrected chi connectivity index (χ4v) is 5.09. The molecular formula is C25H26F3N5O2. The van der Waals surface area contributed by atoms with Crippen molar-refractivity contribution in [3.63, 3.8) is 0 Å². The minimum Gasteiger partial charge on any atom is -0.371 e. The van der Waals surface area contributed by atoms with Crippen LogP contribution in [0.1, 0.15) is 46.4 Å². The zero-order valence-corrected chi connectivity index (χ0v) is 19.5. The van der Waals surface area contributed by atoms with Crippen LogP contribution in [0.4, 0.5) is 18.9 Å². The van der Waals surface area contributed by atoms with Gasteiger partial charge in [0.15, 0.2) is 0 Å². The first kappa shape index (κ1) is 24.5. The lowest BCUT2D eigenvalue weighted by atomic mass is 9.76. The van der Waals surface area contributed by atoms with Gasteiger partial charge in [0, 0.05) is 44.3 Å². The van der Waals surface area contributed by atoms with Crippen LogP contribution in [0.25, 0.3) is 0 Å². The van der Waals surface area contributed by atoms with Crippen LogP contribution in [0.15, 0.2) is 36.5 Å². The van der Waals surface area contributed by atoms with Gasteiger partial charge in [-0.15, -0.1) is 0 Å². The molecule has 1 aromatic carbocycles. The highest BCUT2D eigenvalue weighted by molar-refractivity contribution is 5.97. The summed E-state index contributed by atoms with van der Waals surface area (Å²) in [6.45, 7) is 3.19. The number of aromatic nitrogens is 1. The molecule has 0 bridgehead atoms. The molecule has 1 N–H and O–H groups in total. The molecule has 1 unspecified atom stereocenters. The molecule has 3 heterocycles. The number of anilines is 1. The Bertz CT molecular complexity index is 1170. The van der Waals surface area contributed by atoms with Crippen molar-refractivity contribution in [2.75, 3.05) is 31.6 Å².